The summed E-state index contributed by atoms with van der Waals surface area (Å²) in [5.41, 5.74) is 0.0667. The summed E-state index contributed by atoms with van der Waals surface area (Å²) in [6.45, 7) is 3.72. The molecule has 0 saturated heterocycles. The number of carboxylic acids is 1. The minimum Gasteiger partial charge on any atom is -0.545 e. The zero-order valence-corrected chi connectivity index (χ0v) is 14.4. The van der Waals surface area contributed by atoms with Crippen molar-refractivity contribution in [3.63, 3.8) is 0 Å². The number of esters is 1. The van der Waals surface area contributed by atoms with Gasteiger partial charge in [0.2, 0.25) is 5.91 Å². The molecule has 1 aromatic rings. The number of nitrogens with one attached hydrogen (secondary N) is 1. The smallest absolute Gasteiger partial charge is 0.310 e. The number of hydrogen-bond donors (Lipinski definition) is 1. The number of allylic oxidation sites excluding steroid dienone is 2. The molecular weight excluding hydrogens is 322 g/mol. The molecule has 25 heavy (non-hydrogen) atoms. The molecule has 0 aromatic heterocycles. The van der Waals surface area contributed by atoms with Gasteiger partial charge in [-0.1, -0.05) is 37.3 Å². The molecule has 0 unspecified atom stereocenters. The molecule has 0 bridgehead atoms. The number of hydrogen-bond acceptors (Lipinski definition) is 5. The Morgan fingerprint density at radius 1 is 1.20 bits per heavy atom. The summed E-state index contributed by atoms with van der Waals surface area (Å²) >= 11 is 0. The number of benzene rings is 1. The molecule has 0 aliphatic heterocycles. The van der Waals surface area contributed by atoms with E-state index in [2.05, 4.69) is 5.32 Å². The molecule has 0 spiro atoms. The van der Waals surface area contributed by atoms with Crippen LogP contribution in [0.15, 0.2) is 36.4 Å². The van der Waals surface area contributed by atoms with E-state index in [1.165, 1.54) is 12.1 Å². The van der Waals surface area contributed by atoms with Gasteiger partial charge in [-0.3, -0.25) is 9.59 Å². The third kappa shape index (κ3) is 4.68. The monoisotopic (exact) mass is 344 g/mol. The van der Waals surface area contributed by atoms with Crippen molar-refractivity contribution < 1.29 is 24.2 Å². The highest BCUT2D eigenvalue weighted by Crippen LogP contribution is 2.29. The first-order valence-corrected chi connectivity index (χ1v) is 8.40. The van der Waals surface area contributed by atoms with Gasteiger partial charge in [0, 0.05) is 11.3 Å². The lowest BCUT2D eigenvalue weighted by molar-refractivity contribution is -0.254. The fraction of sp³-hybridized carbons (Fsp3) is 0.421. The van der Waals surface area contributed by atoms with Crippen molar-refractivity contribution in [2.75, 3.05) is 5.32 Å². The summed E-state index contributed by atoms with van der Waals surface area (Å²) in [7, 11) is 0. The van der Waals surface area contributed by atoms with Gasteiger partial charge < -0.3 is 20.0 Å². The average Bonchev–Trinajstić information content (AvgIpc) is 2.61. The first kappa shape index (κ1) is 18.7. The van der Waals surface area contributed by atoms with E-state index >= 15 is 0 Å². The number of amides is 1. The van der Waals surface area contributed by atoms with Crippen LogP contribution in [0.4, 0.5) is 5.69 Å². The Morgan fingerprint density at radius 2 is 1.84 bits per heavy atom. The van der Waals surface area contributed by atoms with E-state index in [1.807, 2.05) is 26.0 Å². The third-order valence-corrected chi connectivity index (χ3v) is 4.37. The van der Waals surface area contributed by atoms with Crippen molar-refractivity contribution in [3.05, 3.63) is 42.0 Å². The SMILES string of the molecule is CC[C@@H](C)OC(=O)[C@H]1CC=CC[C@@H]1C(=O)Nc1ccccc1C(=O)[O-]. The molecule has 6 nitrogen and oxygen atoms in total. The van der Waals surface area contributed by atoms with E-state index in [0.29, 0.717) is 19.3 Å². The zero-order chi connectivity index (χ0) is 18.4. The van der Waals surface area contributed by atoms with Gasteiger partial charge in [0.25, 0.3) is 0 Å². The van der Waals surface area contributed by atoms with Crippen LogP contribution in [0, 0.1) is 11.8 Å². The Morgan fingerprint density at radius 3 is 2.48 bits per heavy atom. The van der Waals surface area contributed by atoms with Gasteiger partial charge in [0.1, 0.15) is 0 Å². The fourth-order valence-corrected chi connectivity index (χ4v) is 2.73. The van der Waals surface area contributed by atoms with Crippen LogP contribution >= 0.6 is 0 Å². The van der Waals surface area contributed by atoms with Gasteiger partial charge in [0.15, 0.2) is 0 Å². The van der Waals surface area contributed by atoms with Gasteiger partial charge in [0.05, 0.1) is 23.9 Å². The van der Waals surface area contributed by atoms with Crippen LogP contribution in [-0.2, 0) is 14.3 Å². The summed E-state index contributed by atoms with van der Waals surface area (Å²) in [6.07, 6.45) is 5.03. The molecule has 3 atom stereocenters. The second-order valence-electron chi connectivity index (χ2n) is 6.13. The number of para-hydroxylation sites is 1. The van der Waals surface area contributed by atoms with Crippen LogP contribution in [0.5, 0.6) is 0 Å². The summed E-state index contributed by atoms with van der Waals surface area (Å²) in [5.74, 6) is -3.34. The Bertz CT molecular complexity index is 682. The predicted molar refractivity (Wildman–Crippen MR) is 90.6 cm³/mol. The fourth-order valence-electron chi connectivity index (χ4n) is 2.73. The molecule has 0 radical (unpaired) electrons. The summed E-state index contributed by atoms with van der Waals surface area (Å²) < 4.78 is 5.37. The number of anilines is 1. The molecule has 0 fully saturated rings. The highest BCUT2D eigenvalue weighted by molar-refractivity contribution is 6.01. The van der Waals surface area contributed by atoms with Crippen LogP contribution in [-0.4, -0.2) is 23.9 Å². The normalized spacial score (nSPS) is 20.6. The maximum absolute atomic E-state index is 12.6. The zero-order valence-electron chi connectivity index (χ0n) is 14.4. The third-order valence-electron chi connectivity index (χ3n) is 4.37. The summed E-state index contributed by atoms with van der Waals surface area (Å²) in [6, 6.07) is 6.03. The van der Waals surface area contributed by atoms with Crippen LogP contribution < -0.4 is 10.4 Å². The Kier molecular flexibility index (Phi) is 6.33. The second kappa shape index (κ2) is 8.46. The van der Waals surface area contributed by atoms with E-state index in [1.54, 1.807) is 12.1 Å². The Hall–Kier alpha value is -2.63. The van der Waals surface area contributed by atoms with Gasteiger partial charge in [-0.05, 0) is 32.3 Å². The molecule has 1 aliphatic rings. The largest absolute Gasteiger partial charge is 0.545 e. The standard InChI is InChI=1S/C19H23NO5/c1-3-12(2)25-19(24)14-9-5-4-8-13(14)17(21)20-16-11-7-6-10-15(16)18(22)23/h4-7,10-14H,3,8-9H2,1-2H3,(H,20,21)(H,22,23)/p-1/t12-,13+,14+/m1/s1. The van der Waals surface area contributed by atoms with Crippen LogP contribution in [0.3, 0.4) is 0 Å². The molecule has 1 aliphatic carbocycles. The number of ether oxygens (including phenoxy) is 1. The van der Waals surface area contributed by atoms with Crippen molar-refractivity contribution in [2.24, 2.45) is 11.8 Å². The van der Waals surface area contributed by atoms with Gasteiger partial charge in [-0.25, -0.2) is 0 Å². The number of rotatable bonds is 6. The maximum Gasteiger partial charge on any atom is 0.310 e. The molecule has 134 valence electrons. The maximum atomic E-state index is 12.6. The lowest BCUT2D eigenvalue weighted by Gasteiger charge is -2.27. The number of carbonyl (C=O) groups excluding carboxylic acids is 3. The van der Waals surface area contributed by atoms with Gasteiger partial charge >= 0.3 is 5.97 Å². The number of aromatic carboxylic acids is 1. The van der Waals surface area contributed by atoms with E-state index in [9.17, 15) is 19.5 Å². The average molecular weight is 344 g/mol. The lowest BCUT2D eigenvalue weighted by atomic mass is 9.82. The van der Waals surface area contributed by atoms with Gasteiger partial charge in [-0.15, -0.1) is 0 Å². The van der Waals surface area contributed by atoms with Crippen LogP contribution in [0.2, 0.25) is 0 Å². The first-order chi connectivity index (χ1) is 11.9. The molecule has 0 saturated carbocycles. The molecule has 0 heterocycles. The molecule has 2 rings (SSSR count). The molecule has 1 amide bonds. The van der Waals surface area contributed by atoms with E-state index in [0.717, 1.165) is 0 Å². The number of carboxylic acid groups (broad SMARTS) is 1. The highest BCUT2D eigenvalue weighted by atomic mass is 16.5. The summed E-state index contributed by atoms with van der Waals surface area (Å²) in [5, 5.41) is 13.8. The van der Waals surface area contributed by atoms with Crippen LogP contribution in [0.25, 0.3) is 0 Å². The van der Waals surface area contributed by atoms with Crippen molar-refractivity contribution >= 4 is 23.5 Å². The van der Waals surface area contributed by atoms with E-state index in [-0.39, 0.29) is 17.4 Å². The lowest BCUT2D eigenvalue weighted by Crippen LogP contribution is -2.37. The molecule has 1 aromatic carbocycles. The topological polar surface area (TPSA) is 95.5 Å². The highest BCUT2D eigenvalue weighted by Gasteiger charge is 2.35. The minimum absolute atomic E-state index is 0.0964. The quantitative estimate of drug-likeness (QED) is 0.628. The van der Waals surface area contributed by atoms with E-state index < -0.39 is 29.7 Å². The molecular formula is C19H22NO5-. The number of carbonyl (C=O) groups is 3. The summed E-state index contributed by atoms with van der Waals surface area (Å²) in [4.78, 5) is 36.2. The van der Waals surface area contributed by atoms with Crippen molar-refractivity contribution in [3.8, 4) is 0 Å². The molecule has 6 heteroatoms. The second-order valence-corrected chi connectivity index (χ2v) is 6.13. The Labute approximate surface area is 146 Å². The van der Waals surface area contributed by atoms with Crippen LogP contribution in [0.1, 0.15) is 43.5 Å². The first-order valence-electron chi connectivity index (χ1n) is 8.40. The van der Waals surface area contributed by atoms with E-state index in [4.69, 9.17) is 4.74 Å². The minimum atomic E-state index is -1.37. The van der Waals surface area contributed by atoms with Crippen molar-refractivity contribution in [2.45, 2.75) is 39.2 Å². The molecule has 1 N–H and O–H groups in total. The van der Waals surface area contributed by atoms with Crippen molar-refractivity contribution in [1.29, 1.82) is 0 Å². The Balaban J connectivity index is 2.15. The van der Waals surface area contributed by atoms with Crippen molar-refractivity contribution in [1.82, 2.24) is 0 Å². The predicted octanol–water partition coefficient (Wildman–Crippen LogP) is 1.91. The van der Waals surface area contributed by atoms with Gasteiger partial charge in [-0.2, -0.15) is 0 Å².